The second-order valence-electron chi connectivity index (χ2n) is 4.70. The zero-order valence-electron chi connectivity index (χ0n) is 10.3. The van der Waals surface area contributed by atoms with Crippen molar-refractivity contribution in [3.63, 3.8) is 0 Å². The summed E-state index contributed by atoms with van der Waals surface area (Å²) < 4.78 is 0. The maximum atomic E-state index is 6.33. The van der Waals surface area contributed by atoms with Crippen molar-refractivity contribution in [3.8, 4) is 0 Å². The Hall–Kier alpha value is -0.800. The summed E-state index contributed by atoms with van der Waals surface area (Å²) in [5.41, 5.74) is 6.64. The Kier molecular flexibility index (Phi) is 4.24. The molecule has 0 spiro atoms. The van der Waals surface area contributed by atoms with E-state index in [9.17, 15) is 0 Å². The quantitative estimate of drug-likeness (QED) is 0.897. The molecular weight excluding hydrogens is 234 g/mol. The molecule has 0 saturated carbocycles. The average molecular weight is 254 g/mol. The first kappa shape index (κ1) is 12.7. The van der Waals surface area contributed by atoms with Crippen LogP contribution in [-0.4, -0.2) is 18.1 Å². The Morgan fingerprint density at radius 2 is 2.41 bits per heavy atom. The van der Waals surface area contributed by atoms with Crippen LogP contribution in [-0.2, 0) is 6.54 Å². The van der Waals surface area contributed by atoms with Gasteiger partial charge >= 0.3 is 0 Å². The third-order valence-electron chi connectivity index (χ3n) is 3.45. The average Bonchev–Trinajstić information content (AvgIpc) is 2.78. The molecule has 1 aliphatic rings. The minimum atomic E-state index is 0.473. The molecule has 1 saturated heterocycles. The first-order valence-corrected chi connectivity index (χ1v) is 6.72. The molecule has 1 fully saturated rings. The van der Waals surface area contributed by atoms with Crippen molar-refractivity contribution in [3.05, 3.63) is 22.8 Å². The van der Waals surface area contributed by atoms with Crippen molar-refractivity contribution >= 4 is 17.4 Å². The molecule has 2 heterocycles. The van der Waals surface area contributed by atoms with E-state index in [4.69, 9.17) is 17.3 Å². The Morgan fingerprint density at radius 3 is 3.12 bits per heavy atom. The minimum absolute atomic E-state index is 0.473. The third-order valence-corrected chi connectivity index (χ3v) is 3.86. The fraction of sp³-hybridized carbons (Fsp3) is 0.615. The number of hydrogen-bond donors (Lipinski definition) is 1. The van der Waals surface area contributed by atoms with Crippen LogP contribution < -0.4 is 10.6 Å². The molecule has 0 radical (unpaired) electrons. The molecule has 0 aromatic carbocycles. The molecular formula is C13H20ClN3. The van der Waals surface area contributed by atoms with Gasteiger partial charge in [-0.2, -0.15) is 0 Å². The molecule has 3 nitrogen and oxygen atoms in total. The molecule has 1 atom stereocenters. The molecule has 0 amide bonds. The van der Waals surface area contributed by atoms with Crippen molar-refractivity contribution in [1.29, 1.82) is 0 Å². The summed E-state index contributed by atoms with van der Waals surface area (Å²) in [6.45, 7) is 4.85. The van der Waals surface area contributed by atoms with Crippen molar-refractivity contribution < 1.29 is 0 Å². The number of hydrogen-bond acceptors (Lipinski definition) is 3. The van der Waals surface area contributed by atoms with Crippen LogP contribution in [0.1, 0.15) is 31.7 Å². The molecule has 1 unspecified atom stereocenters. The van der Waals surface area contributed by atoms with Gasteiger partial charge in [-0.25, -0.2) is 4.98 Å². The SMILES string of the molecule is CCCC1CCN(c2nccc(CN)c2Cl)C1. The van der Waals surface area contributed by atoms with Crippen molar-refractivity contribution in [2.75, 3.05) is 18.0 Å². The first-order chi connectivity index (χ1) is 8.26. The summed E-state index contributed by atoms with van der Waals surface area (Å²) >= 11 is 6.33. The summed E-state index contributed by atoms with van der Waals surface area (Å²) in [6.07, 6.45) is 5.60. The van der Waals surface area contributed by atoms with Gasteiger partial charge in [0.1, 0.15) is 5.82 Å². The van der Waals surface area contributed by atoms with Gasteiger partial charge in [-0.3, -0.25) is 0 Å². The second-order valence-corrected chi connectivity index (χ2v) is 5.08. The van der Waals surface area contributed by atoms with Gasteiger partial charge in [0.15, 0.2) is 0 Å². The lowest BCUT2D eigenvalue weighted by Crippen LogP contribution is -2.21. The molecule has 2 rings (SSSR count). The summed E-state index contributed by atoms with van der Waals surface area (Å²) in [5.74, 6) is 1.70. The van der Waals surface area contributed by atoms with E-state index in [-0.39, 0.29) is 0 Å². The lowest BCUT2D eigenvalue weighted by molar-refractivity contribution is 0.529. The number of nitrogens with two attached hydrogens (primary N) is 1. The standard InChI is InChI=1S/C13H20ClN3/c1-2-3-10-5-7-17(9-10)13-12(14)11(8-15)4-6-16-13/h4,6,10H,2-3,5,7-9,15H2,1H3. The van der Waals surface area contributed by atoms with Crippen LogP contribution in [0.4, 0.5) is 5.82 Å². The number of anilines is 1. The summed E-state index contributed by atoms with van der Waals surface area (Å²) in [7, 11) is 0. The van der Waals surface area contributed by atoms with E-state index in [0.717, 1.165) is 35.4 Å². The van der Waals surface area contributed by atoms with Crippen LogP contribution in [0.2, 0.25) is 5.02 Å². The molecule has 94 valence electrons. The summed E-state index contributed by atoms with van der Waals surface area (Å²) in [6, 6.07) is 1.89. The Bertz CT molecular complexity index is 381. The highest BCUT2D eigenvalue weighted by Gasteiger charge is 2.24. The Balaban J connectivity index is 2.13. The number of halogens is 1. The maximum Gasteiger partial charge on any atom is 0.147 e. The van der Waals surface area contributed by atoms with Crippen LogP contribution in [0.5, 0.6) is 0 Å². The monoisotopic (exact) mass is 253 g/mol. The fourth-order valence-electron chi connectivity index (χ4n) is 2.52. The molecule has 1 aromatic heterocycles. The van der Waals surface area contributed by atoms with E-state index in [1.165, 1.54) is 19.3 Å². The molecule has 0 bridgehead atoms. The topological polar surface area (TPSA) is 42.2 Å². The van der Waals surface area contributed by atoms with E-state index >= 15 is 0 Å². The van der Waals surface area contributed by atoms with E-state index in [1.54, 1.807) is 6.20 Å². The van der Waals surface area contributed by atoms with E-state index < -0.39 is 0 Å². The van der Waals surface area contributed by atoms with Crippen molar-refractivity contribution in [1.82, 2.24) is 4.98 Å². The van der Waals surface area contributed by atoms with Crippen molar-refractivity contribution in [2.45, 2.75) is 32.7 Å². The Morgan fingerprint density at radius 1 is 1.59 bits per heavy atom. The van der Waals surface area contributed by atoms with Gasteiger partial charge in [0.05, 0.1) is 5.02 Å². The minimum Gasteiger partial charge on any atom is -0.355 e. The molecule has 1 aromatic rings. The van der Waals surface area contributed by atoms with Crippen LogP contribution >= 0.6 is 11.6 Å². The van der Waals surface area contributed by atoms with Crippen LogP contribution in [0, 0.1) is 5.92 Å². The summed E-state index contributed by atoms with van der Waals surface area (Å²) in [4.78, 5) is 6.70. The van der Waals surface area contributed by atoms with E-state index in [0.29, 0.717) is 6.54 Å². The number of aromatic nitrogens is 1. The lowest BCUT2D eigenvalue weighted by Gasteiger charge is -2.19. The van der Waals surface area contributed by atoms with Gasteiger partial charge in [0.25, 0.3) is 0 Å². The third kappa shape index (κ3) is 2.72. The number of nitrogens with zero attached hydrogens (tertiary/aromatic N) is 2. The number of rotatable bonds is 4. The highest BCUT2D eigenvalue weighted by Crippen LogP contribution is 2.31. The van der Waals surface area contributed by atoms with Crippen LogP contribution in [0.15, 0.2) is 12.3 Å². The maximum absolute atomic E-state index is 6.33. The van der Waals surface area contributed by atoms with Gasteiger partial charge in [0, 0.05) is 25.8 Å². The van der Waals surface area contributed by atoms with Crippen LogP contribution in [0.3, 0.4) is 0 Å². The zero-order valence-corrected chi connectivity index (χ0v) is 11.1. The van der Waals surface area contributed by atoms with Gasteiger partial charge in [0.2, 0.25) is 0 Å². The Labute approximate surface area is 108 Å². The predicted octanol–water partition coefficient (Wildman–Crippen LogP) is 2.82. The molecule has 2 N–H and O–H groups in total. The molecule has 17 heavy (non-hydrogen) atoms. The number of pyridine rings is 1. The molecule has 4 heteroatoms. The van der Waals surface area contributed by atoms with Gasteiger partial charge in [-0.1, -0.05) is 24.9 Å². The lowest BCUT2D eigenvalue weighted by atomic mass is 10.0. The summed E-state index contributed by atoms with van der Waals surface area (Å²) in [5, 5.41) is 0.729. The van der Waals surface area contributed by atoms with Crippen LogP contribution in [0.25, 0.3) is 0 Å². The van der Waals surface area contributed by atoms with E-state index in [2.05, 4.69) is 16.8 Å². The normalized spacial score (nSPS) is 19.9. The molecule has 1 aliphatic heterocycles. The fourth-order valence-corrected chi connectivity index (χ4v) is 2.83. The van der Waals surface area contributed by atoms with Crippen molar-refractivity contribution in [2.24, 2.45) is 11.7 Å². The predicted molar refractivity (Wildman–Crippen MR) is 72.4 cm³/mol. The second kappa shape index (κ2) is 5.69. The highest BCUT2D eigenvalue weighted by molar-refractivity contribution is 6.33. The molecule has 0 aliphatic carbocycles. The van der Waals surface area contributed by atoms with Gasteiger partial charge < -0.3 is 10.6 Å². The van der Waals surface area contributed by atoms with Gasteiger partial charge in [-0.05, 0) is 30.4 Å². The first-order valence-electron chi connectivity index (χ1n) is 6.34. The van der Waals surface area contributed by atoms with Gasteiger partial charge in [-0.15, -0.1) is 0 Å². The largest absolute Gasteiger partial charge is 0.355 e. The smallest absolute Gasteiger partial charge is 0.147 e. The van der Waals surface area contributed by atoms with E-state index in [1.807, 2.05) is 6.07 Å². The zero-order chi connectivity index (χ0) is 12.3. The highest BCUT2D eigenvalue weighted by atomic mass is 35.5.